The fourth-order valence-corrected chi connectivity index (χ4v) is 3.71. The fourth-order valence-electron chi connectivity index (χ4n) is 2.12. The Labute approximate surface area is 182 Å². The summed E-state index contributed by atoms with van der Waals surface area (Å²) in [6, 6.07) is 0. The van der Waals surface area contributed by atoms with E-state index in [1.807, 2.05) is 0 Å². The van der Waals surface area contributed by atoms with E-state index in [1.165, 1.54) is 0 Å². The second kappa shape index (κ2) is 18.5. The van der Waals surface area contributed by atoms with Gasteiger partial charge in [0.25, 0.3) is 0 Å². The van der Waals surface area contributed by atoms with Gasteiger partial charge in [0, 0.05) is 26.1 Å². The number of carbonyl (C=O) groups is 2. The Morgan fingerprint density at radius 3 is 2.07 bits per heavy atom. The minimum absolute atomic E-state index is 0.0799. The first-order valence-corrected chi connectivity index (χ1v) is 13.5. The van der Waals surface area contributed by atoms with Gasteiger partial charge in [-0.3, -0.25) is 9.59 Å². The van der Waals surface area contributed by atoms with Gasteiger partial charge >= 0.3 is 11.9 Å². The molecule has 29 heavy (non-hydrogen) atoms. The van der Waals surface area contributed by atoms with Crippen molar-refractivity contribution in [1.29, 1.82) is 0 Å². The number of aliphatic hydroxyl groups is 2. The third-order valence-electron chi connectivity index (χ3n) is 3.62. The van der Waals surface area contributed by atoms with Gasteiger partial charge in [0.15, 0.2) is 6.10 Å². The average Bonchev–Trinajstić information content (AvgIpc) is 2.69. The maximum atomic E-state index is 12.0. The zero-order chi connectivity index (χ0) is 22.0. The van der Waals surface area contributed by atoms with E-state index in [0.29, 0.717) is 38.6 Å². The van der Waals surface area contributed by atoms with E-state index in [0.717, 1.165) is 6.42 Å². The molecule has 9 nitrogen and oxygen atoms in total. The number of esters is 2. The Balaban J connectivity index is 4.51. The minimum Gasteiger partial charge on any atom is -0.691 e. The molecule has 0 radical (unpaired) electrons. The molecule has 0 aliphatic heterocycles. The number of carbonyl (C=O) groups excluding carboxylic acids is 2. The lowest BCUT2D eigenvalue weighted by molar-refractivity contribution is -0.370. The number of rotatable bonds is 19. The third kappa shape index (κ3) is 18.2. The van der Waals surface area contributed by atoms with Gasteiger partial charge in [-0.15, -0.1) is 0 Å². The summed E-state index contributed by atoms with van der Waals surface area (Å²) in [7, 11) is 0. The number of hydrogen-bond donors (Lipinski definition) is 3. The second-order valence-electron chi connectivity index (χ2n) is 6.29. The highest BCUT2D eigenvalue weighted by Crippen LogP contribution is 2.45. The van der Waals surface area contributed by atoms with Crippen LogP contribution >= 0.6 is 5.69 Å². The molecule has 0 aliphatic carbocycles. The molecule has 0 heterocycles. The molecule has 0 fully saturated rings. The van der Waals surface area contributed by atoms with Crippen LogP contribution in [0.3, 0.4) is 0 Å². The van der Waals surface area contributed by atoms with E-state index in [2.05, 4.69) is 5.73 Å². The molecule has 0 aromatic carbocycles. The topological polar surface area (TPSA) is 139 Å². The van der Waals surface area contributed by atoms with Crippen LogP contribution < -0.4 is 5.73 Å². The molecule has 2 unspecified atom stereocenters. The Kier molecular flexibility index (Phi) is 18.3. The molecule has 0 saturated carbocycles. The van der Waals surface area contributed by atoms with Crippen LogP contribution in [0.2, 0.25) is 0 Å². The summed E-state index contributed by atoms with van der Waals surface area (Å²) in [4.78, 5) is 23.8. The summed E-state index contributed by atoms with van der Waals surface area (Å²) >= 11 is 10.2. The van der Waals surface area contributed by atoms with Crippen LogP contribution in [0.25, 0.3) is 0 Å². The number of quaternary nitrogens is 1. The minimum atomic E-state index is -2.92. The Morgan fingerprint density at radius 1 is 0.931 bits per heavy atom. The lowest BCUT2D eigenvalue weighted by atomic mass is 10.2. The number of aliphatic hydroxyl groups excluding tert-OH is 2. The third-order valence-corrected chi connectivity index (χ3v) is 5.85. The fraction of sp³-hybridized carbons (Fsp3) is 0.882. The van der Waals surface area contributed by atoms with Crippen LogP contribution in [-0.4, -0.2) is 67.8 Å². The van der Waals surface area contributed by atoms with Gasteiger partial charge in [-0.05, 0) is 25.7 Å². The summed E-state index contributed by atoms with van der Waals surface area (Å²) in [5, 5.41) is 17.5. The molecule has 0 bridgehead atoms. The van der Waals surface area contributed by atoms with Crippen molar-refractivity contribution in [3.63, 3.8) is 0 Å². The molecule has 0 amide bonds. The van der Waals surface area contributed by atoms with Gasteiger partial charge in [0.2, 0.25) is 0 Å². The van der Waals surface area contributed by atoms with Crippen molar-refractivity contribution >= 4 is 41.7 Å². The molecule has 2 atom stereocenters. The van der Waals surface area contributed by atoms with Gasteiger partial charge in [-0.2, -0.15) is 0 Å². The van der Waals surface area contributed by atoms with Crippen molar-refractivity contribution < 1.29 is 44.1 Å². The summed E-state index contributed by atoms with van der Waals surface area (Å²) in [6.07, 6.45) is 3.45. The first-order chi connectivity index (χ1) is 13.8. The second-order valence-corrected chi connectivity index (χ2v) is 11.3. The van der Waals surface area contributed by atoms with E-state index >= 15 is 0 Å². The first kappa shape index (κ1) is 28.7. The number of ether oxygens (including phenoxy) is 2. The average molecular weight is 476 g/mol. The van der Waals surface area contributed by atoms with Gasteiger partial charge in [0.1, 0.15) is 13.2 Å². The predicted octanol–water partition coefficient (Wildman–Crippen LogP) is 0.593. The van der Waals surface area contributed by atoms with Gasteiger partial charge in [-0.1, -0.05) is 24.6 Å². The summed E-state index contributed by atoms with van der Waals surface area (Å²) in [5.74, 6) is -0.870. The van der Waals surface area contributed by atoms with E-state index in [1.54, 1.807) is 0 Å². The van der Waals surface area contributed by atoms with Gasteiger partial charge in [-0.25, -0.2) is 0 Å². The molecule has 0 aromatic heterocycles. The van der Waals surface area contributed by atoms with E-state index in [9.17, 15) is 9.59 Å². The number of hydrogen-bond acceptors (Lipinski definition) is 10. The Hall–Kier alpha value is -0.260. The number of unbranched alkanes of at least 4 members (excludes halogenated alkanes) is 4. The van der Waals surface area contributed by atoms with E-state index in [4.69, 9.17) is 52.8 Å². The molecule has 0 aromatic rings. The van der Waals surface area contributed by atoms with Gasteiger partial charge in [0.05, 0.1) is 18.8 Å². The molecule has 0 rings (SSSR count). The molecule has 12 heteroatoms. The quantitative estimate of drug-likeness (QED) is 0.105. The highest BCUT2D eigenvalue weighted by Gasteiger charge is 2.19. The van der Waals surface area contributed by atoms with Crippen LogP contribution in [0.1, 0.15) is 51.4 Å². The van der Waals surface area contributed by atoms with Crippen LogP contribution in [-0.2, 0) is 52.2 Å². The van der Waals surface area contributed by atoms with Crippen LogP contribution in [0, 0.1) is 0 Å². The SMILES string of the molecule is [NH3+]CCOP(=S)([S-])OCC(COC(=O)CCCCCO)OC(=O)CCCCCO. The molecular formula is C17H34NO8PS2. The molecule has 0 spiro atoms. The van der Waals surface area contributed by atoms with Gasteiger partial charge < -0.3 is 46.7 Å². The first-order valence-electron chi connectivity index (χ1n) is 9.80. The lowest BCUT2D eigenvalue weighted by Gasteiger charge is -2.29. The van der Waals surface area contributed by atoms with Crippen molar-refractivity contribution in [3.8, 4) is 0 Å². The Bertz CT molecular complexity index is 498. The largest absolute Gasteiger partial charge is 0.691 e. The molecular weight excluding hydrogens is 441 g/mol. The molecule has 0 aliphatic rings. The Morgan fingerprint density at radius 2 is 1.52 bits per heavy atom. The van der Waals surface area contributed by atoms with Crippen LogP contribution in [0.4, 0.5) is 0 Å². The lowest BCUT2D eigenvalue weighted by Crippen LogP contribution is -2.52. The van der Waals surface area contributed by atoms with Crippen molar-refractivity contribution in [2.45, 2.75) is 57.5 Å². The molecule has 5 N–H and O–H groups in total. The standard InChI is InChI=1S/C17H34NO8PS2/c18-9-12-24-27(28,29)25-14-15(26-17(22)8-4-2-6-11-20)13-23-16(21)7-3-1-5-10-19/h15,19-20H,1-14,18H2,(H,28,29). The van der Waals surface area contributed by atoms with Crippen molar-refractivity contribution in [1.82, 2.24) is 0 Å². The van der Waals surface area contributed by atoms with E-state index in [-0.39, 0.29) is 45.9 Å². The van der Waals surface area contributed by atoms with Crippen molar-refractivity contribution in [2.75, 3.05) is 39.6 Å². The summed E-state index contributed by atoms with van der Waals surface area (Å²) in [5.41, 5.74) is 0.722. The maximum Gasteiger partial charge on any atom is 0.306 e. The monoisotopic (exact) mass is 475 g/mol. The maximum absolute atomic E-state index is 12.0. The smallest absolute Gasteiger partial charge is 0.306 e. The van der Waals surface area contributed by atoms with Crippen LogP contribution in [0.5, 0.6) is 0 Å². The zero-order valence-electron chi connectivity index (χ0n) is 16.8. The zero-order valence-corrected chi connectivity index (χ0v) is 19.3. The van der Waals surface area contributed by atoms with Crippen molar-refractivity contribution in [3.05, 3.63) is 0 Å². The van der Waals surface area contributed by atoms with Crippen LogP contribution in [0.15, 0.2) is 0 Å². The summed E-state index contributed by atoms with van der Waals surface area (Å²) in [6.45, 7) is 0.652. The highest BCUT2D eigenvalue weighted by molar-refractivity contribution is 8.51. The molecule has 172 valence electrons. The highest BCUT2D eigenvalue weighted by atomic mass is 32.9. The van der Waals surface area contributed by atoms with E-state index < -0.39 is 23.7 Å². The molecule has 0 saturated heterocycles. The predicted molar refractivity (Wildman–Crippen MR) is 113 cm³/mol. The van der Waals surface area contributed by atoms with Crippen molar-refractivity contribution in [2.24, 2.45) is 0 Å². The summed E-state index contributed by atoms with van der Waals surface area (Å²) < 4.78 is 21.3. The normalized spacial score (nSPS) is 14.2.